The quantitative estimate of drug-likeness (QED) is 0.594. The maximum Gasteiger partial charge on any atom is 0.416 e. The average molecular weight is 418 g/mol. The van der Waals surface area contributed by atoms with E-state index in [1.165, 1.54) is 12.1 Å². The van der Waals surface area contributed by atoms with E-state index in [1.54, 1.807) is 12.4 Å². The van der Waals surface area contributed by atoms with E-state index in [1.807, 2.05) is 12.1 Å². The highest BCUT2D eigenvalue weighted by molar-refractivity contribution is 5.54. The summed E-state index contributed by atoms with van der Waals surface area (Å²) in [5.41, 5.74) is 0.808. The number of nitrogens with zero attached hydrogens (tertiary/aromatic N) is 4. The van der Waals surface area contributed by atoms with E-state index >= 15 is 0 Å². The van der Waals surface area contributed by atoms with E-state index < -0.39 is 11.7 Å². The molecule has 3 heterocycles. The summed E-state index contributed by atoms with van der Waals surface area (Å²) in [5.74, 6) is 0.706. The normalized spacial score (nSPS) is 17.9. The average Bonchev–Trinajstić information content (AvgIpc) is 3.21. The molecular weight excluding hydrogens is 397 g/mol. The zero-order valence-corrected chi connectivity index (χ0v) is 16.2. The van der Waals surface area contributed by atoms with Gasteiger partial charge in [0.05, 0.1) is 24.8 Å². The second kappa shape index (κ2) is 8.93. The van der Waals surface area contributed by atoms with Crippen LogP contribution < -0.4 is 0 Å². The number of halogens is 3. The number of benzene rings is 1. The monoisotopic (exact) mass is 418 g/mol. The van der Waals surface area contributed by atoms with Crippen molar-refractivity contribution in [1.29, 1.82) is 0 Å². The van der Waals surface area contributed by atoms with Crippen LogP contribution in [0, 0.1) is 0 Å². The van der Waals surface area contributed by atoms with Crippen molar-refractivity contribution in [2.24, 2.45) is 0 Å². The summed E-state index contributed by atoms with van der Waals surface area (Å²) in [6, 6.07) is 8.59. The summed E-state index contributed by atoms with van der Waals surface area (Å²) < 4.78 is 49.4. The Morgan fingerprint density at radius 3 is 2.73 bits per heavy atom. The van der Waals surface area contributed by atoms with Crippen LogP contribution in [0.15, 0.2) is 53.3 Å². The summed E-state index contributed by atoms with van der Waals surface area (Å²) in [5, 5.41) is 3.91. The van der Waals surface area contributed by atoms with Gasteiger partial charge >= 0.3 is 6.18 Å². The first kappa shape index (κ1) is 20.5. The lowest BCUT2D eigenvalue weighted by Crippen LogP contribution is -2.39. The van der Waals surface area contributed by atoms with Crippen molar-refractivity contribution in [3.8, 4) is 11.4 Å². The number of alkyl halides is 3. The second-order valence-corrected chi connectivity index (χ2v) is 7.26. The molecule has 6 nitrogen and oxygen atoms in total. The van der Waals surface area contributed by atoms with Crippen molar-refractivity contribution in [1.82, 2.24) is 20.0 Å². The highest BCUT2D eigenvalue weighted by atomic mass is 19.4. The first-order valence-corrected chi connectivity index (χ1v) is 9.70. The van der Waals surface area contributed by atoms with Crippen LogP contribution in [0.5, 0.6) is 0 Å². The number of hydrogen-bond acceptors (Lipinski definition) is 6. The first-order valence-electron chi connectivity index (χ1n) is 9.70. The number of ether oxygens (including phenoxy) is 1. The van der Waals surface area contributed by atoms with Gasteiger partial charge < -0.3 is 9.26 Å². The fourth-order valence-electron chi connectivity index (χ4n) is 3.43. The van der Waals surface area contributed by atoms with E-state index in [2.05, 4.69) is 20.0 Å². The molecule has 1 aromatic carbocycles. The number of piperidine rings is 1. The van der Waals surface area contributed by atoms with E-state index in [4.69, 9.17) is 9.26 Å². The highest BCUT2D eigenvalue weighted by Crippen LogP contribution is 2.30. The Bertz CT molecular complexity index is 945. The first-order chi connectivity index (χ1) is 14.5. The second-order valence-electron chi connectivity index (χ2n) is 7.26. The van der Waals surface area contributed by atoms with Crippen LogP contribution in [-0.2, 0) is 24.1 Å². The summed E-state index contributed by atoms with van der Waals surface area (Å²) in [7, 11) is 0. The lowest BCUT2D eigenvalue weighted by atomic mass is 10.1. The summed E-state index contributed by atoms with van der Waals surface area (Å²) in [6.07, 6.45) is 1.24. The van der Waals surface area contributed by atoms with E-state index in [0.717, 1.165) is 43.6 Å². The molecule has 0 radical (unpaired) electrons. The van der Waals surface area contributed by atoms with Gasteiger partial charge in [0, 0.05) is 24.5 Å². The fraction of sp³-hybridized carbons (Fsp3) is 0.381. The molecule has 1 unspecified atom stereocenters. The van der Waals surface area contributed by atoms with Gasteiger partial charge in [0.15, 0.2) is 0 Å². The van der Waals surface area contributed by atoms with Crippen molar-refractivity contribution in [2.75, 3.05) is 13.1 Å². The van der Waals surface area contributed by atoms with Crippen molar-refractivity contribution in [3.63, 3.8) is 0 Å². The Balaban J connectivity index is 1.33. The van der Waals surface area contributed by atoms with Gasteiger partial charge in [0.25, 0.3) is 0 Å². The third-order valence-corrected chi connectivity index (χ3v) is 4.97. The van der Waals surface area contributed by atoms with Gasteiger partial charge in [-0.25, -0.2) is 0 Å². The van der Waals surface area contributed by atoms with E-state index in [9.17, 15) is 13.2 Å². The van der Waals surface area contributed by atoms with Crippen molar-refractivity contribution < 1.29 is 22.4 Å². The topological polar surface area (TPSA) is 64.3 Å². The summed E-state index contributed by atoms with van der Waals surface area (Å²) in [4.78, 5) is 10.6. The Kier molecular flexibility index (Phi) is 6.10. The molecule has 0 N–H and O–H groups in total. The molecule has 0 aliphatic carbocycles. The number of hydrogen-bond donors (Lipinski definition) is 0. The zero-order chi connectivity index (χ0) is 21.0. The van der Waals surface area contributed by atoms with Crippen LogP contribution in [0.25, 0.3) is 11.4 Å². The van der Waals surface area contributed by atoms with Gasteiger partial charge in [-0.2, -0.15) is 18.2 Å². The Morgan fingerprint density at radius 1 is 1.17 bits per heavy atom. The summed E-state index contributed by atoms with van der Waals surface area (Å²) in [6.45, 7) is 2.63. The lowest BCUT2D eigenvalue weighted by molar-refractivity contribution is -0.137. The molecule has 158 valence electrons. The molecular formula is C21H21F3N4O2. The molecule has 1 atom stereocenters. The fourth-order valence-corrected chi connectivity index (χ4v) is 3.43. The van der Waals surface area contributed by atoms with Crippen LogP contribution in [-0.4, -0.2) is 39.2 Å². The predicted octanol–water partition coefficient (Wildman–Crippen LogP) is 4.33. The largest absolute Gasteiger partial charge is 0.416 e. The van der Waals surface area contributed by atoms with E-state index in [0.29, 0.717) is 24.6 Å². The predicted molar refractivity (Wildman–Crippen MR) is 102 cm³/mol. The highest BCUT2D eigenvalue weighted by Gasteiger charge is 2.30. The van der Waals surface area contributed by atoms with Crippen molar-refractivity contribution >= 4 is 0 Å². The maximum atomic E-state index is 12.7. The zero-order valence-electron chi connectivity index (χ0n) is 16.2. The maximum absolute atomic E-state index is 12.7. The molecule has 30 heavy (non-hydrogen) atoms. The Morgan fingerprint density at radius 2 is 2.00 bits per heavy atom. The van der Waals surface area contributed by atoms with Gasteiger partial charge in [0.2, 0.25) is 11.7 Å². The van der Waals surface area contributed by atoms with Gasteiger partial charge in [-0.05, 0) is 43.1 Å². The standard InChI is InChI=1S/C21H21F3N4O2/c22-21(23,24)17-7-5-16(6-8-17)20-26-19(30-27-20)13-28-10-2-4-18(12-28)29-14-15-3-1-9-25-11-15/h1,3,5-9,11,18H,2,4,10,12-14H2. The molecule has 1 saturated heterocycles. The lowest BCUT2D eigenvalue weighted by Gasteiger charge is -2.31. The van der Waals surface area contributed by atoms with Gasteiger partial charge in [-0.15, -0.1) is 0 Å². The minimum Gasteiger partial charge on any atom is -0.372 e. The third kappa shape index (κ3) is 5.22. The molecule has 0 saturated carbocycles. The number of likely N-dealkylation sites (tertiary alicyclic amines) is 1. The van der Waals surface area contributed by atoms with Crippen molar-refractivity contribution in [3.05, 3.63) is 65.8 Å². The van der Waals surface area contributed by atoms with E-state index in [-0.39, 0.29) is 11.9 Å². The van der Waals surface area contributed by atoms with Crippen LogP contribution in [0.2, 0.25) is 0 Å². The molecule has 0 amide bonds. The van der Waals surface area contributed by atoms with Gasteiger partial charge in [-0.1, -0.05) is 23.4 Å². The molecule has 9 heteroatoms. The Labute approximate surface area is 171 Å². The number of pyridine rings is 1. The third-order valence-electron chi connectivity index (χ3n) is 4.97. The Hall–Kier alpha value is -2.78. The summed E-state index contributed by atoms with van der Waals surface area (Å²) >= 11 is 0. The van der Waals surface area contributed by atoms with Crippen LogP contribution in [0.3, 0.4) is 0 Å². The van der Waals surface area contributed by atoms with Gasteiger partial charge in [-0.3, -0.25) is 9.88 Å². The SMILES string of the molecule is FC(F)(F)c1ccc(-c2noc(CN3CCCC(OCc4cccnc4)C3)n2)cc1. The molecule has 1 aliphatic heterocycles. The van der Waals surface area contributed by atoms with Crippen molar-refractivity contribution in [2.45, 2.75) is 38.3 Å². The number of aromatic nitrogens is 3. The number of rotatable bonds is 6. The minimum atomic E-state index is -4.37. The molecule has 1 aliphatic rings. The molecule has 0 spiro atoms. The molecule has 2 aromatic heterocycles. The molecule has 3 aromatic rings. The minimum absolute atomic E-state index is 0.108. The van der Waals surface area contributed by atoms with Crippen LogP contribution >= 0.6 is 0 Å². The smallest absolute Gasteiger partial charge is 0.372 e. The molecule has 4 rings (SSSR count). The molecule has 0 bridgehead atoms. The van der Waals surface area contributed by atoms with Crippen LogP contribution in [0.4, 0.5) is 13.2 Å². The molecule has 1 fully saturated rings. The van der Waals surface area contributed by atoms with Gasteiger partial charge in [0.1, 0.15) is 0 Å². The van der Waals surface area contributed by atoms with Crippen LogP contribution in [0.1, 0.15) is 29.9 Å².